The van der Waals surface area contributed by atoms with E-state index in [9.17, 15) is 19.6 Å². The fourth-order valence-corrected chi connectivity index (χ4v) is 10.6. The summed E-state index contributed by atoms with van der Waals surface area (Å²) in [5.41, 5.74) is 5.85. The number of carbonyl (C=O) groups excluding carboxylic acids is 3. The van der Waals surface area contributed by atoms with Crippen LogP contribution in [-0.2, 0) is 14.4 Å². The number of nitriles is 1. The smallest absolute Gasteiger partial charge is 0.249 e. The van der Waals surface area contributed by atoms with E-state index in [0.29, 0.717) is 29.8 Å². The highest BCUT2D eigenvalue weighted by Crippen LogP contribution is 2.39. The fraction of sp³-hybridized carbons (Fsp3) is 0.490. The van der Waals surface area contributed by atoms with Gasteiger partial charge in [-0.3, -0.25) is 24.4 Å². The van der Waals surface area contributed by atoms with Crippen LogP contribution in [0.3, 0.4) is 0 Å². The minimum atomic E-state index is -0.544. The number of rotatable bonds is 11. The Bertz CT molecular complexity index is 2550. The van der Waals surface area contributed by atoms with Crippen molar-refractivity contribution >= 4 is 34.7 Å². The molecule has 1 atom stereocenters. The van der Waals surface area contributed by atoms with Crippen molar-refractivity contribution in [1.29, 1.82) is 5.26 Å². The zero-order valence-corrected chi connectivity index (χ0v) is 37.0. The molecule has 0 spiro atoms. The number of carbonyl (C=O) groups is 3. The van der Waals surface area contributed by atoms with E-state index in [2.05, 4.69) is 66.9 Å². The first-order chi connectivity index (χ1) is 31.0. The molecule has 15 heteroatoms. The first kappa shape index (κ1) is 43.1. The third kappa shape index (κ3) is 8.72. The molecule has 1 saturated carbocycles. The monoisotopic (exact) mass is 867 g/mol. The van der Waals surface area contributed by atoms with Gasteiger partial charge in [-0.05, 0) is 133 Å². The molecule has 3 N–H and O–H groups in total. The number of likely N-dealkylation sites (tertiary alicyclic amines) is 1. The van der Waals surface area contributed by atoms with Crippen molar-refractivity contribution in [3.8, 4) is 28.3 Å². The van der Waals surface area contributed by atoms with Crippen LogP contribution < -0.4 is 20.9 Å². The molecular weight excluding hydrogens is 810 g/mol. The SMILES string of the molecule is CCC1(C(=O)NC(C)C)CCN(c2ccc(-c3cc(-c4cnn([C@H]5CC[C@H](N6CCC(c7ccc(N[C@H]8CCC(=O)NC8=O)cc7F)CC6)CC5)c4)cn4ncc(C#N)c34)cn2)CC1. The Morgan fingerprint density at radius 1 is 0.906 bits per heavy atom. The number of fused-ring (bicyclic) bond motifs is 1. The quantitative estimate of drug-likeness (QED) is 0.114. The predicted octanol–water partition coefficient (Wildman–Crippen LogP) is 7.37. The van der Waals surface area contributed by atoms with Crippen LogP contribution in [0.1, 0.15) is 114 Å². The fourth-order valence-electron chi connectivity index (χ4n) is 10.6. The standard InChI is InChI=1S/C49H58FN11O3/c1-4-49(48(64)55-31(2)3)17-21-59(22-18-49)44-13-5-33(26-52-44)41-23-34(29-61-46(41)35(25-51)27-54-61)36-28-53-60(30-36)39-9-7-38(8-10-39)58-19-15-32(16-20-58)40-11-6-37(24-42(40)50)56-43-12-14-45(62)57-47(43)63/h5-6,11,13,23-24,26-32,38-39,43,56H,4,7-10,12,14-22H2,1-3H3,(H,55,64)(H,57,62,63)/t38-,39-,43-/m0/s1. The number of piperidine rings is 3. The van der Waals surface area contributed by atoms with Crippen LogP contribution in [0.4, 0.5) is 15.9 Å². The van der Waals surface area contributed by atoms with Gasteiger partial charge in [0, 0.05) is 78.1 Å². The molecule has 14 nitrogen and oxygen atoms in total. The van der Waals surface area contributed by atoms with Gasteiger partial charge in [0.2, 0.25) is 17.7 Å². The maximum atomic E-state index is 15.4. The summed E-state index contributed by atoms with van der Waals surface area (Å²) in [6.45, 7) is 9.49. The first-order valence-corrected chi connectivity index (χ1v) is 23.1. The van der Waals surface area contributed by atoms with Crippen LogP contribution in [0.5, 0.6) is 0 Å². The molecule has 334 valence electrons. The maximum absolute atomic E-state index is 15.4. The topological polar surface area (TPSA) is 166 Å². The van der Waals surface area contributed by atoms with Crippen LogP contribution >= 0.6 is 0 Å². The molecule has 3 saturated heterocycles. The zero-order chi connectivity index (χ0) is 44.5. The van der Waals surface area contributed by atoms with Crippen molar-refractivity contribution in [3.05, 3.63) is 84.3 Å². The summed E-state index contributed by atoms with van der Waals surface area (Å²) in [6.07, 6.45) is 18.5. The first-order valence-electron chi connectivity index (χ1n) is 23.1. The summed E-state index contributed by atoms with van der Waals surface area (Å²) in [4.78, 5) is 46.5. The van der Waals surface area contributed by atoms with E-state index in [1.165, 1.54) is 6.07 Å². The number of hydrogen-bond donors (Lipinski definition) is 3. The second kappa shape index (κ2) is 18.2. The highest BCUT2D eigenvalue weighted by atomic mass is 19.1. The summed E-state index contributed by atoms with van der Waals surface area (Å²) < 4.78 is 19.3. The van der Waals surface area contributed by atoms with Crippen LogP contribution in [-0.4, -0.2) is 91.3 Å². The zero-order valence-electron chi connectivity index (χ0n) is 37.0. The molecular formula is C49H58FN11O3. The minimum absolute atomic E-state index is 0.114. The van der Waals surface area contributed by atoms with Gasteiger partial charge >= 0.3 is 0 Å². The van der Waals surface area contributed by atoms with E-state index in [0.717, 1.165) is 123 Å². The summed E-state index contributed by atoms with van der Waals surface area (Å²) in [6, 6.07) is 14.1. The summed E-state index contributed by atoms with van der Waals surface area (Å²) in [7, 11) is 0. The molecule has 4 aromatic heterocycles. The van der Waals surface area contributed by atoms with E-state index >= 15 is 4.39 Å². The van der Waals surface area contributed by atoms with Gasteiger partial charge in [-0.15, -0.1) is 0 Å². The summed E-state index contributed by atoms with van der Waals surface area (Å²) >= 11 is 0. The molecule has 4 aliphatic rings. The number of halogens is 1. The van der Waals surface area contributed by atoms with E-state index in [1.807, 2.05) is 50.6 Å². The molecule has 7 heterocycles. The predicted molar refractivity (Wildman–Crippen MR) is 243 cm³/mol. The lowest BCUT2D eigenvalue weighted by molar-refractivity contribution is -0.134. The minimum Gasteiger partial charge on any atom is -0.374 e. The number of benzene rings is 1. The lowest BCUT2D eigenvalue weighted by Gasteiger charge is -2.41. The number of aromatic nitrogens is 5. The Morgan fingerprint density at radius 3 is 2.34 bits per heavy atom. The second-order valence-electron chi connectivity index (χ2n) is 18.6. The van der Waals surface area contributed by atoms with Gasteiger partial charge in [-0.1, -0.05) is 13.0 Å². The van der Waals surface area contributed by atoms with Crippen molar-refractivity contribution in [2.45, 2.75) is 121 Å². The highest BCUT2D eigenvalue weighted by molar-refractivity contribution is 6.01. The van der Waals surface area contributed by atoms with Gasteiger partial charge in [0.05, 0.1) is 34.9 Å². The van der Waals surface area contributed by atoms with Crippen LogP contribution in [0.25, 0.3) is 27.8 Å². The van der Waals surface area contributed by atoms with Gasteiger partial charge in [-0.25, -0.2) is 13.9 Å². The average molecular weight is 868 g/mol. The molecule has 5 aromatic rings. The number of nitrogens with one attached hydrogen (secondary N) is 3. The van der Waals surface area contributed by atoms with Crippen LogP contribution in [0, 0.1) is 22.6 Å². The number of hydrogen-bond acceptors (Lipinski definition) is 10. The number of imide groups is 1. The molecule has 0 unspecified atom stereocenters. The Hall–Kier alpha value is -6.14. The van der Waals surface area contributed by atoms with E-state index in [1.54, 1.807) is 10.7 Å². The molecule has 4 fully saturated rings. The molecule has 9 rings (SSSR count). The number of pyridine rings is 2. The Labute approximate surface area is 373 Å². The van der Waals surface area contributed by atoms with Crippen molar-refractivity contribution < 1.29 is 18.8 Å². The number of anilines is 2. The largest absolute Gasteiger partial charge is 0.374 e. The Balaban J connectivity index is 0.816. The molecule has 3 amide bonds. The Morgan fingerprint density at radius 2 is 1.67 bits per heavy atom. The van der Waals surface area contributed by atoms with Gasteiger partial charge in [0.15, 0.2) is 0 Å². The highest BCUT2D eigenvalue weighted by Gasteiger charge is 2.40. The summed E-state index contributed by atoms with van der Waals surface area (Å²) in [5.74, 6) is 0.280. The lowest BCUT2D eigenvalue weighted by atomic mass is 9.75. The van der Waals surface area contributed by atoms with Gasteiger partial charge < -0.3 is 20.4 Å². The van der Waals surface area contributed by atoms with Crippen molar-refractivity contribution in [3.63, 3.8) is 0 Å². The van der Waals surface area contributed by atoms with Crippen molar-refractivity contribution in [2.24, 2.45) is 5.41 Å². The molecule has 1 aliphatic carbocycles. The molecule has 3 aliphatic heterocycles. The molecule has 0 radical (unpaired) electrons. The third-order valence-electron chi connectivity index (χ3n) is 14.5. The van der Waals surface area contributed by atoms with Crippen molar-refractivity contribution in [2.75, 3.05) is 36.4 Å². The lowest BCUT2D eigenvalue weighted by Crippen LogP contribution is -2.50. The number of amides is 3. The van der Waals surface area contributed by atoms with E-state index in [-0.39, 0.29) is 47.3 Å². The van der Waals surface area contributed by atoms with Gasteiger partial charge in [0.25, 0.3) is 0 Å². The molecule has 0 bridgehead atoms. The normalized spacial score (nSPS) is 22.1. The van der Waals surface area contributed by atoms with Crippen LogP contribution in [0.2, 0.25) is 0 Å². The van der Waals surface area contributed by atoms with E-state index in [4.69, 9.17) is 10.1 Å². The molecule has 64 heavy (non-hydrogen) atoms. The second-order valence-corrected chi connectivity index (χ2v) is 18.6. The summed E-state index contributed by atoms with van der Waals surface area (Å²) in [5, 5.41) is 28.0. The average Bonchev–Trinajstić information content (AvgIpc) is 3.98. The third-order valence-corrected chi connectivity index (χ3v) is 14.5. The van der Waals surface area contributed by atoms with Crippen molar-refractivity contribution in [1.82, 2.24) is 39.9 Å². The van der Waals surface area contributed by atoms with E-state index < -0.39 is 6.04 Å². The number of nitrogens with zero attached hydrogens (tertiary/aromatic N) is 8. The maximum Gasteiger partial charge on any atom is 0.249 e. The van der Waals surface area contributed by atoms with Gasteiger partial charge in [0.1, 0.15) is 23.7 Å². The van der Waals surface area contributed by atoms with Gasteiger partial charge in [-0.2, -0.15) is 15.5 Å². The Kier molecular flexibility index (Phi) is 12.2. The molecule has 1 aromatic carbocycles. The van der Waals surface area contributed by atoms with Crippen LogP contribution in [0.15, 0.2) is 67.4 Å².